The highest BCUT2D eigenvalue weighted by Crippen LogP contribution is 2.09. The van der Waals surface area contributed by atoms with E-state index in [0.717, 1.165) is 21.9 Å². The molecule has 5 nitrogen and oxygen atoms in total. The van der Waals surface area contributed by atoms with Crippen LogP contribution in [0.25, 0.3) is 0 Å². The quantitative estimate of drug-likeness (QED) is 0.822. The SMILES string of the molecule is Cc1ccc(Cn2c(=O)cn[nH]c2=O)cc1C. The Bertz CT molecular complexity index is 627. The summed E-state index contributed by atoms with van der Waals surface area (Å²) in [5, 5.41) is 5.69. The second kappa shape index (κ2) is 4.37. The number of hydrogen-bond donors (Lipinski definition) is 1. The molecule has 2 aromatic rings. The van der Waals surface area contributed by atoms with Gasteiger partial charge in [0.15, 0.2) is 0 Å². The lowest BCUT2D eigenvalue weighted by Crippen LogP contribution is -2.35. The van der Waals surface area contributed by atoms with Crippen molar-refractivity contribution in [1.29, 1.82) is 0 Å². The third-order valence-electron chi connectivity index (χ3n) is 2.76. The Kier molecular flexibility index (Phi) is 2.91. The van der Waals surface area contributed by atoms with Crippen molar-refractivity contribution in [2.45, 2.75) is 20.4 Å². The lowest BCUT2D eigenvalue weighted by molar-refractivity contribution is 0.666. The number of aryl methyl sites for hydroxylation is 2. The molecular formula is C12H13N3O2. The highest BCUT2D eigenvalue weighted by Gasteiger charge is 2.03. The number of benzene rings is 1. The fraction of sp³-hybridized carbons (Fsp3) is 0.250. The van der Waals surface area contributed by atoms with Crippen LogP contribution < -0.4 is 11.2 Å². The molecule has 1 aromatic heterocycles. The van der Waals surface area contributed by atoms with Crippen molar-refractivity contribution in [3.63, 3.8) is 0 Å². The Morgan fingerprint density at radius 1 is 1.24 bits per heavy atom. The molecular weight excluding hydrogens is 218 g/mol. The van der Waals surface area contributed by atoms with Gasteiger partial charge in [-0.1, -0.05) is 18.2 Å². The topological polar surface area (TPSA) is 67.8 Å². The average Bonchev–Trinajstić information content (AvgIpc) is 2.28. The first-order chi connectivity index (χ1) is 8.08. The van der Waals surface area contributed by atoms with E-state index in [4.69, 9.17) is 0 Å². The third kappa shape index (κ3) is 2.33. The van der Waals surface area contributed by atoms with Crippen molar-refractivity contribution >= 4 is 0 Å². The summed E-state index contributed by atoms with van der Waals surface area (Å²) >= 11 is 0. The molecule has 1 aromatic carbocycles. The van der Waals surface area contributed by atoms with Gasteiger partial charge in [0.05, 0.1) is 6.54 Å². The molecule has 17 heavy (non-hydrogen) atoms. The van der Waals surface area contributed by atoms with E-state index < -0.39 is 11.2 Å². The maximum atomic E-state index is 11.5. The molecule has 1 heterocycles. The highest BCUT2D eigenvalue weighted by atomic mass is 16.2. The van der Waals surface area contributed by atoms with Crippen LogP contribution in [0.3, 0.4) is 0 Å². The standard InChI is InChI=1S/C12H13N3O2/c1-8-3-4-10(5-9(8)2)7-15-11(16)6-13-14-12(15)17/h3-6H,7H2,1-2H3,(H,14,17). The summed E-state index contributed by atoms with van der Waals surface area (Å²) in [6.45, 7) is 4.28. The molecule has 0 saturated heterocycles. The Morgan fingerprint density at radius 3 is 2.65 bits per heavy atom. The van der Waals surface area contributed by atoms with Gasteiger partial charge in [0.25, 0.3) is 5.56 Å². The molecule has 0 unspecified atom stereocenters. The van der Waals surface area contributed by atoms with Gasteiger partial charge < -0.3 is 0 Å². The van der Waals surface area contributed by atoms with Crippen molar-refractivity contribution in [3.05, 3.63) is 61.9 Å². The second-order valence-electron chi connectivity index (χ2n) is 4.02. The smallest absolute Gasteiger partial charge is 0.267 e. The van der Waals surface area contributed by atoms with Gasteiger partial charge in [-0.3, -0.25) is 9.36 Å². The average molecular weight is 231 g/mol. The van der Waals surface area contributed by atoms with Crippen LogP contribution in [0.1, 0.15) is 16.7 Å². The lowest BCUT2D eigenvalue weighted by Gasteiger charge is -2.06. The molecule has 0 saturated carbocycles. The first-order valence-corrected chi connectivity index (χ1v) is 5.28. The summed E-state index contributed by atoms with van der Waals surface area (Å²) in [5.41, 5.74) is 2.36. The normalized spacial score (nSPS) is 10.5. The zero-order valence-electron chi connectivity index (χ0n) is 9.73. The van der Waals surface area contributed by atoms with Crippen LogP contribution in [0.5, 0.6) is 0 Å². The fourth-order valence-corrected chi connectivity index (χ4v) is 1.61. The number of rotatable bonds is 2. The molecule has 2 rings (SSSR count). The predicted octanol–water partition coefficient (Wildman–Crippen LogP) is 0.597. The summed E-state index contributed by atoms with van der Waals surface area (Å²) in [5.74, 6) is 0. The maximum Gasteiger partial charge on any atom is 0.345 e. The molecule has 0 amide bonds. The van der Waals surface area contributed by atoms with E-state index in [2.05, 4.69) is 10.2 Å². The van der Waals surface area contributed by atoms with Gasteiger partial charge in [-0.05, 0) is 30.5 Å². The molecule has 0 fully saturated rings. The summed E-state index contributed by atoms with van der Waals surface area (Å²) in [7, 11) is 0. The zero-order chi connectivity index (χ0) is 12.4. The fourth-order valence-electron chi connectivity index (χ4n) is 1.61. The van der Waals surface area contributed by atoms with Gasteiger partial charge in [0.2, 0.25) is 0 Å². The van der Waals surface area contributed by atoms with E-state index in [1.54, 1.807) is 0 Å². The number of H-pyrrole nitrogens is 1. The van der Waals surface area contributed by atoms with Crippen molar-refractivity contribution in [2.75, 3.05) is 0 Å². The number of aromatic nitrogens is 3. The minimum Gasteiger partial charge on any atom is -0.267 e. The lowest BCUT2D eigenvalue weighted by atomic mass is 10.1. The summed E-state index contributed by atoms with van der Waals surface area (Å²) in [6.07, 6.45) is 1.10. The molecule has 0 aliphatic heterocycles. The van der Waals surface area contributed by atoms with E-state index in [-0.39, 0.29) is 6.54 Å². The van der Waals surface area contributed by atoms with Crippen molar-refractivity contribution in [1.82, 2.24) is 14.8 Å². The van der Waals surface area contributed by atoms with E-state index >= 15 is 0 Å². The monoisotopic (exact) mass is 231 g/mol. The number of aromatic amines is 1. The molecule has 0 bridgehead atoms. The number of hydrogen-bond acceptors (Lipinski definition) is 3. The van der Waals surface area contributed by atoms with Gasteiger partial charge in [-0.15, -0.1) is 0 Å². The Labute approximate surface area is 97.7 Å². The Morgan fingerprint density at radius 2 is 2.00 bits per heavy atom. The van der Waals surface area contributed by atoms with Gasteiger partial charge in [0.1, 0.15) is 6.20 Å². The molecule has 5 heteroatoms. The first-order valence-electron chi connectivity index (χ1n) is 5.28. The third-order valence-corrected chi connectivity index (χ3v) is 2.76. The molecule has 0 radical (unpaired) electrons. The largest absolute Gasteiger partial charge is 0.345 e. The molecule has 0 spiro atoms. The van der Waals surface area contributed by atoms with Gasteiger partial charge in [-0.2, -0.15) is 5.10 Å². The second-order valence-corrected chi connectivity index (χ2v) is 4.02. The van der Waals surface area contributed by atoms with E-state index in [0.29, 0.717) is 0 Å². The number of nitrogens with one attached hydrogen (secondary N) is 1. The van der Waals surface area contributed by atoms with Crippen molar-refractivity contribution < 1.29 is 0 Å². The molecule has 1 N–H and O–H groups in total. The highest BCUT2D eigenvalue weighted by molar-refractivity contribution is 5.29. The molecule has 0 aliphatic rings. The summed E-state index contributed by atoms with van der Waals surface area (Å²) in [6, 6.07) is 5.86. The van der Waals surface area contributed by atoms with Crippen LogP contribution in [0.4, 0.5) is 0 Å². The van der Waals surface area contributed by atoms with Gasteiger partial charge in [0, 0.05) is 0 Å². The van der Waals surface area contributed by atoms with Crippen LogP contribution in [-0.4, -0.2) is 14.8 Å². The molecule has 88 valence electrons. The van der Waals surface area contributed by atoms with Gasteiger partial charge in [-0.25, -0.2) is 9.89 Å². The molecule has 0 atom stereocenters. The minimum absolute atomic E-state index is 0.262. The first kappa shape index (κ1) is 11.3. The summed E-state index contributed by atoms with van der Waals surface area (Å²) < 4.78 is 1.12. The Balaban J connectivity index is 2.42. The van der Waals surface area contributed by atoms with Crippen LogP contribution >= 0.6 is 0 Å². The van der Waals surface area contributed by atoms with E-state index in [1.165, 1.54) is 5.56 Å². The van der Waals surface area contributed by atoms with Crippen LogP contribution in [0.15, 0.2) is 34.0 Å². The van der Waals surface area contributed by atoms with Crippen molar-refractivity contribution in [3.8, 4) is 0 Å². The number of nitrogens with zero attached hydrogens (tertiary/aromatic N) is 2. The molecule has 0 aliphatic carbocycles. The van der Waals surface area contributed by atoms with E-state index in [1.807, 2.05) is 32.0 Å². The zero-order valence-corrected chi connectivity index (χ0v) is 9.73. The Hall–Kier alpha value is -2.17. The van der Waals surface area contributed by atoms with Crippen molar-refractivity contribution in [2.24, 2.45) is 0 Å². The van der Waals surface area contributed by atoms with Gasteiger partial charge >= 0.3 is 5.69 Å². The predicted molar refractivity (Wildman–Crippen MR) is 64.1 cm³/mol. The summed E-state index contributed by atoms with van der Waals surface area (Å²) in [4.78, 5) is 22.9. The maximum absolute atomic E-state index is 11.5. The van der Waals surface area contributed by atoms with Crippen LogP contribution in [-0.2, 0) is 6.54 Å². The van der Waals surface area contributed by atoms with Crippen LogP contribution in [0, 0.1) is 13.8 Å². The van der Waals surface area contributed by atoms with Crippen LogP contribution in [0.2, 0.25) is 0 Å². The minimum atomic E-state index is -0.490. The van der Waals surface area contributed by atoms with E-state index in [9.17, 15) is 9.59 Å².